The number of rotatable bonds is 3. The average molecular weight is 359 g/mol. The molecule has 4 rings (SSSR count). The quantitative estimate of drug-likeness (QED) is 0.706. The Kier molecular flexibility index (Phi) is 4.65. The van der Waals surface area contributed by atoms with Crippen LogP contribution < -0.4 is 4.90 Å². The SMILES string of the molecule is Clc1ccc2c(N3CCCN(Cc4cscn4)CC3)ccnc2c1. The van der Waals surface area contributed by atoms with Gasteiger partial charge in [0.2, 0.25) is 0 Å². The van der Waals surface area contributed by atoms with E-state index < -0.39 is 0 Å². The zero-order chi connectivity index (χ0) is 16.4. The van der Waals surface area contributed by atoms with Crippen LogP contribution >= 0.6 is 22.9 Å². The highest BCUT2D eigenvalue weighted by Crippen LogP contribution is 2.28. The molecule has 1 saturated heterocycles. The smallest absolute Gasteiger partial charge is 0.0795 e. The Labute approximate surface area is 150 Å². The van der Waals surface area contributed by atoms with Crippen molar-refractivity contribution >= 4 is 39.5 Å². The van der Waals surface area contributed by atoms with E-state index in [0.717, 1.165) is 49.7 Å². The molecule has 0 bridgehead atoms. The summed E-state index contributed by atoms with van der Waals surface area (Å²) in [4.78, 5) is 13.8. The van der Waals surface area contributed by atoms with Gasteiger partial charge in [-0.15, -0.1) is 11.3 Å². The van der Waals surface area contributed by atoms with E-state index >= 15 is 0 Å². The second-order valence-electron chi connectivity index (χ2n) is 6.09. The first-order chi connectivity index (χ1) is 11.8. The van der Waals surface area contributed by atoms with Crippen molar-refractivity contribution in [3.63, 3.8) is 0 Å². The van der Waals surface area contributed by atoms with Crippen molar-refractivity contribution in [2.75, 3.05) is 31.1 Å². The molecule has 0 atom stereocenters. The summed E-state index contributed by atoms with van der Waals surface area (Å²) < 4.78 is 0. The minimum absolute atomic E-state index is 0.734. The molecule has 0 unspecified atom stereocenters. The van der Waals surface area contributed by atoms with Gasteiger partial charge in [0.15, 0.2) is 0 Å². The molecule has 3 heterocycles. The number of hydrogen-bond acceptors (Lipinski definition) is 5. The Hall–Kier alpha value is -1.69. The lowest BCUT2D eigenvalue weighted by molar-refractivity contribution is 0.282. The number of pyridine rings is 1. The third-order valence-electron chi connectivity index (χ3n) is 4.48. The van der Waals surface area contributed by atoms with Gasteiger partial charge in [0.1, 0.15) is 0 Å². The van der Waals surface area contributed by atoms with Crippen LogP contribution in [0.2, 0.25) is 5.02 Å². The van der Waals surface area contributed by atoms with Crippen LogP contribution in [0.5, 0.6) is 0 Å². The number of thiazole rings is 1. The lowest BCUT2D eigenvalue weighted by Gasteiger charge is -2.24. The normalized spacial score (nSPS) is 16.5. The van der Waals surface area contributed by atoms with Crippen molar-refractivity contribution in [2.24, 2.45) is 0 Å². The van der Waals surface area contributed by atoms with Crippen molar-refractivity contribution in [3.8, 4) is 0 Å². The highest BCUT2D eigenvalue weighted by atomic mass is 35.5. The van der Waals surface area contributed by atoms with E-state index in [0.29, 0.717) is 0 Å². The van der Waals surface area contributed by atoms with Gasteiger partial charge in [-0.3, -0.25) is 9.88 Å². The van der Waals surface area contributed by atoms with E-state index in [4.69, 9.17) is 11.6 Å². The van der Waals surface area contributed by atoms with Gasteiger partial charge >= 0.3 is 0 Å². The van der Waals surface area contributed by atoms with Crippen LogP contribution in [-0.2, 0) is 6.54 Å². The number of halogens is 1. The minimum Gasteiger partial charge on any atom is -0.370 e. The van der Waals surface area contributed by atoms with E-state index in [9.17, 15) is 0 Å². The van der Waals surface area contributed by atoms with Gasteiger partial charge in [0.25, 0.3) is 0 Å². The fourth-order valence-corrected chi connectivity index (χ4v) is 4.01. The fourth-order valence-electron chi connectivity index (χ4n) is 3.30. The molecule has 3 aromatic rings. The Balaban J connectivity index is 1.53. The van der Waals surface area contributed by atoms with Gasteiger partial charge in [-0.2, -0.15) is 0 Å². The first-order valence-electron chi connectivity index (χ1n) is 8.18. The molecule has 6 heteroatoms. The van der Waals surface area contributed by atoms with E-state index in [2.05, 4.69) is 37.3 Å². The molecule has 1 aromatic carbocycles. The Morgan fingerprint density at radius 1 is 1.08 bits per heavy atom. The van der Waals surface area contributed by atoms with Crippen LogP contribution in [0.3, 0.4) is 0 Å². The Bertz CT molecular complexity index is 821. The van der Waals surface area contributed by atoms with E-state index in [1.54, 1.807) is 11.3 Å². The maximum Gasteiger partial charge on any atom is 0.0795 e. The number of benzene rings is 1. The number of anilines is 1. The molecule has 2 aromatic heterocycles. The maximum atomic E-state index is 6.10. The van der Waals surface area contributed by atoms with Crippen LogP contribution in [0.1, 0.15) is 12.1 Å². The summed E-state index contributed by atoms with van der Waals surface area (Å²) in [5.41, 5.74) is 5.31. The molecular weight excluding hydrogens is 340 g/mol. The molecule has 4 nitrogen and oxygen atoms in total. The van der Waals surface area contributed by atoms with Crippen molar-refractivity contribution in [3.05, 3.63) is 52.1 Å². The number of fused-ring (bicyclic) bond motifs is 1. The molecule has 0 aliphatic carbocycles. The highest BCUT2D eigenvalue weighted by Gasteiger charge is 2.17. The van der Waals surface area contributed by atoms with Crippen LogP contribution in [0.4, 0.5) is 5.69 Å². The van der Waals surface area contributed by atoms with Crippen LogP contribution in [0.25, 0.3) is 10.9 Å². The molecule has 1 fully saturated rings. The summed E-state index contributed by atoms with van der Waals surface area (Å²) in [6.07, 6.45) is 3.04. The van der Waals surface area contributed by atoms with Gasteiger partial charge in [0.05, 0.1) is 16.7 Å². The molecule has 24 heavy (non-hydrogen) atoms. The van der Waals surface area contributed by atoms with Crippen molar-refractivity contribution in [2.45, 2.75) is 13.0 Å². The number of aromatic nitrogens is 2. The molecule has 0 saturated carbocycles. The minimum atomic E-state index is 0.734. The summed E-state index contributed by atoms with van der Waals surface area (Å²) >= 11 is 7.77. The van der Waals surface area contributed by atoms with E-state index in [1.165, 1.54) is 16.8 Å². The van der Waals surface area contributed by atoms with Gasteiger partial charge in [-0.1, -0.05) is 11.6 Å². The standard InChI is InChI=1S/C18H19ClN4S/c19-14-2-3-16-17(10-14)20-5-4-18(16)23-7-1-6-22(8-9-23)11-15-12-24-13-21-15/h2-5,10,12-13H,1,6-9,11H2. The largest absolute Gasteiger partial charge is 0.370 e. The maximum absolute atomic E-state index is 6.10. The van der Waals surface area contributed by atoms with Crippen molar-refractivity contribution in [1.29, 1.82) is 0 Å². The summed E-state index contributed by atoms with van der Waals surface area (Å²) in [5.74, 6) is 0. The molecule has 1 aliphatic rings. The molecule has 0 amide bonds. The third-order valence-corrected chi connectivity index (χ3v) is 5.35. The van der Waals surface area contributed by atoms with Gasteiger partial charge in [-0.25, -0.2) is 4.98 Å². The van der Waals surface area contributed by atoms with Crippen LogP contribution in [0.15, 0.2) is 41.4 Å². The molecule has 1 aliphatic heterocycles. The first-order valence-corrected chi connectivity index (χ1v) is 9.50. The second kappa shape index (κ2) is 7.05. The van der Waals surface area contributed by atoms with Crippen LogP contribution in [0, 0.1) is 0 Å². The zero-order valence-corrected chi connectivity index (χ0v) is 14.9. The summed E-state index contributed by atoms with van der Waals surface area (Å²) in [6.45, 7) is 5.20. The molecule has 124 valence electrons. The lowest BCUT2D eigenvalue weighted by Crippen LogP contribution is -2.30. The summed E-state index contributed by atoms with van der Waals surface area (Å²) in [7, 11) is 0. The van der Waals surface area contributed by atoms with Gasteiger partial charge in [-0.05, 0) is 30.7 Å². The topological polar surface area (TPSA) is 32.3 Å². The summed E-state index contributed by atoms with van der Waals surface area (Å²) in [5, 5.41) is 4.05. The van der Waals surface area contributed by atoms with Gasteiger partial charge in [0, 0.05) is 60.4 Å². The predicted octanol–water partition coefficient (Wildman–Crippen LogP) is 4.06. The van der Waals surface area contributed by atoms with Gasteiger partial charge < -0.3 is 4.90 Å². The monoisotopic (exact) mass is 358 g/mol. The van der Waals surface area contributed by atoms with E-state index in [-0.39, 0.29) is 0 Å². The molecule has 0 radical (unpaired) electrons. The first kappa shape index (κ1) is 15.8. The Morgan fingerprint density at radius 3 is 2.92 bits per heavy atom. The lowest BCUT2D eigenvalue weighted by atomic mass is 10.1. The van der Waals surface area contributed by atoms with E-state index in [1.807, 2.05) is 23.8 Å². The molecule has 0 spiro atoms. The predicted molar refractivity (Wildman–Crippen MR) is 101 cm³/mol. The Morgan fingerprint density at radius 2 is 2.04 bits per heavy atom. The number of nitrogens with zero attached hydrogens (tertiary/aromatic N) is 4. The molecule has 0 N–H and O–H groups in total. The highest BCUT2D eigenvalue weighted by molar-refractivity contribution is 7.07. The van der Waals surface area contributed by atoms with Crippen molar-refractivity contribution < 1.29 is 0 Å². The van der Waals surface area contributed by atoms with Crippen LogP contribution in [-0.4, -0.2) is 41.0 Å². The second-order valence-corrected chi connectivity index (χ2v) is 7.24. The third kappa shape index (κ3) is 3.38. The van der Waals surface area contributed by atoms with Crippen molar-refractivity contribution in [1.82, 2.24) is 14.9 Å². The fraction of sp³-hybridized carbons (Fsp3) is 0.333. The summed E-state index contributed by atoms with van der Waals surface area (Å²) in [6, 6.07) is 8.08. The zero-order valence-electron chi connectivity index (χ0n) is 13.4. The average Bonchev–Trinajstić information content (AvgIpc) is 2.99. The number of hydrogen-bond donors (Lipinski definition) is 0. The molecular formula is C18H19ClN4S.